The van der Waals surface area contributed by atoms with E-state index in [0.29, 0.717) is 12.3 Å². The number of aromatic nitrogens is 1. The van der Waals surface area contributed by atoms with E-state index in [1.165, 1.54) is 5.56 Å². The van der Waals surface area contributed by atoms with Gasteiger partial charge in [-0.05, 0) is 37.6 Å². The third kappa shape index (κ3) is 3.06. The van der Waals surface area contributed by atoms with Crippen LogP contribution in [0.3, 0.4) is 0 Å². The molecule has 7 heteroatoms. The zero-order valence-electron chi connectivity index (χ0n) is 18.2. The number of halogens is 1. The van der Waals surface area contributed by atoms with Crippen molar-refractivity contribution in [3.63, 3.8) is 0 Å². The third-order valence-corrected chi connectivity index (χ3v) is 6.60. The quantitative estimate of drug-likeness (QED) is 0.345. The van der Waals surface area contributed by atoms with E-state index >= 15 is 0 Å². The van der Waals surface area contributed by atoms with Crippen LogP contribution >= 0.6 is 0 Å². The number of nitro benzene ring substituents is 1. The second kappa shape index (κ2) is 7.64. The van der Waals surface area contributed by atoms with Gasteiger partial charge in [0.15, 0.2) is 18.9 Å². The fraction of sp³-hybridized carbons (Fsp3) is 0.240. The fourth-order valence-electron chi connectivity index (χ4n) is 4.90. The maximum atomic E-state index is 11.6. The molecule has 1 atom stereocenters. The van der Waals surface area contributed by atoms with Crippen molar-refractivity contribution in [2.24, 2.45) is 0 Å². The van der Waals surface area contributed by atoms with Crippen LogP contribution in [-0.4, -0.2) is 17.7 Å². The maximum Gasteiger partial charge on any atom is 0.270 e. The molecule has 2 aromatic carbocycles. The van der Waals surface area contributed by atoms with Gasteiger partial charge in [-0.25, -0.2) is 4.57 Å². The average molecular weight is 450 g/mol. The normalized spacial score (nSPS) is 19.7. The smallest absolute Gasteiger partial charge is 0.270 e. The lowest BCUT2D eigenvalue weighted by Gasteiger charge is -2.46. The lowest BCUT2D eigenvalue weighted by atomic mass is 9.76. The van der Waals surface area contributed by atoms with Crippen molar-refractivity contribution in [1.29, 1.82) is 0 Å². The third-order valence-electron chi connectivity index (χ3n) is 6.60. The Bertz CT molecular complexity index is 1230. The summed E-state index contributed by atoms with van der Waals surface area (Å²) in [5, 5.41) is 11.6. The molecular formula is C25H24ClN3O3. The summed E-state index contributed by atoms with van der Waals surface area (Å²) < 4.78 is 8.82. The molecule has 0 N–H and O–H groups in total. The zero-order chi connectivity index (χ0) is 21.8. The zero-order valence-corrected chi connectivity index (χ0v) is 18.9. The Hall–Kier alpha value is -3.38. The van der Waals surface area contributed by atoms with Gasteiger partial charge in [0.2, 0.25) is 5.72 Å². The molecule has 3 aromatic rings. The van der Waals surface area contributed by atoms with Crippen molar-refractivity contribution < 1.29 is 26.6 Å². The van der Waals surface area contributed by atoms with E-state index in [2.05, 4.69) is 36.9 Å². The molecule has 32 heavy (non-hydrogen) atoms. The standard InChI is InChI=1S/C25H24N3O3.ClH/c1-24(2)21-9-5-6-10-22(21)26(3)25(24)12-11-18-15-20(28(29)30)16-19(23(18)31-25)17-27-13-7-4-8-14-27;/h4-16H,17H2,1-3H3;1H/q+1;/p-1. The Balaban J connectivity index is 0.00000245. The molecule has 6 nitrogen and oxygen atoms in total. The Morgan fingerprint density at radius 1 is 1.09 bits per heavy atom. The van der Waals surface area contributed by atoms with Crippen LogP contribution in [0.25, 0.3) is 6.08 Å². The van der Waals surface area contributed by atoms with Gasteiger partial charge < -0.3 is 22.0 Å². The summed E-state index contributed by atoms with van der Waals surface area (Å²) in [6.45, 7) is 4.84. The van der Waals surface area contributed by atoms with Gasteiger partial charge in [0.25, 0.3) is 5.69 Å². The molecule has 3 heterocycles. The van der Waals surface area contributed by atoms with Gasteiger partial charge in [-0.15, -0.1) is 0 Å². The fourth-order valence-corrected chi connectivity index (χ4v) is 4.90. The predicted octanol–water partition coefficient (Wildman–Crippen LogP) is 1.46. The number of hydrogen-bond acceptors (Lipinski definition) is 4. The van der Waals surface area contributed by atoms with Gasteiger partial charge in [-0.2, -0.15) is 0 Å². The van der Waals surface area contributed by atoms with Gasteiger partial charge >= 0.3 is 0 Å². The van der Waals surface area contributed by atoms with E-state index < -0.39 is 5.72 Å². The van der Waals surface area contributed by atoms with E-state index in [1.54, 1.807) is 12.1 Å². The highest BCUT2D eigenvalue weighted by Gasteiger charge is 2.57. The highest BCUT2D eigenvalue weighted by molar-refractivity contribution is 5.73. The summed E-state index contributed by atoms with van der Waals surface area (Å²) in [6.07, 6.45) is 7.90. The SMILES string of the molecule is CN1c2ccccc2C(C)(C)C12C=Cc1cc([N+](=O)[O-])cc(C[n+]3ccccc3)c1O2.[Cl-]. The molecule has 164 valence electrons. The first kappa shape index (κ1) is 21.8. The Morgan fingerprint density at radius 3 is 2.50 bits per heavy atom. The molecule has 1 spiro atoms. The maximum absolute atomic E-state index is 11.6. The van der Waals surface area contributed by atoms with Gasteiger partial charge in [0.1, 0.15) is 5.75 Å². The van der Waals surface area contributed by atoms with Crippen LogP contribution in [0.4, 0.5) is 11.4 Å². The molecule has 5 rings (SSSR count). The monoisotopic (exact) mass is 449 g/mol. The number of nitro groups is 1. The molecule has 1 unspecified atom stereocenters. The van der Waals surface area contributed by atoms with E-state index in [9.17, 15) is 10.1 Å². The van der Waals surface area contributed by atoms with Crippen molar-refractivity contribution >= 4 is 17.5 Å². The number of nitrogens with zero attached hydrogens (tertiary/aromatic N) is 3. The summed E-state index contributed by atoms with van der Waals surface area (Å²) in [5.74, 6) is 0.692. The lowest BCUT2D eigenvalue weighted by molar-refractivity contribution is -0.688. The second-order valence-electron chi connectivity index (χ2n) is 8.66. The minimum atomic E-state index is -0.726. The van der Waals surface area contributed by atoms with E-state index in [1.807, 2.05) is 60.4 Å². The number of para-hydroxylation sites is 1. The summed E-state index contributed by atoms with van der Waals surface area (Å²) >= 11 is 0. The molecule has 0 saturated carbocycles. The number of rotatable bonds is 3. The molecule has 0 bridgehead atoms. The highest BCUT2D eigenvalue weighted by Crippen LogP contribution is 2.54. The minimum Gasteiger partial charge on any atom is -1.00 e. The van der Waals surface area contributed by atoms with Crippen LogP contribution in [0, 0.1) is 10.1 Å². The first-order valence-corrected chi connectivity index (χ1v) is 10.3. The Kier molecular flexibility index (Phi) is 5.21. The Labute approximate surface area is 193 Å². The molecule has 1 aromatic heterocycles. The van der Waals surface area contributed by atoms with E-state index in [4.69, 9.17) is 4.74 Å². The Morgan fingerprint density at radius 2 is 1.81 bits per heavy atom. The van der Waals surface area contributed by atoms with E-state index in [0.717, 1.165) is 16.8 Å². The first-order chi connectivity index (χ1) is 14.8. The molecule has 2 aliphatic heterocycles. The molecule has 2 aliphatic rings. The van der Waals surface area contributed by atoms with Crippen molar-refractivity contribution in [2.45, 2.75) is 31.5 Å². The summed E-state index contributed by atoms with van der Waals surface area (Å²) in [5.41, 5.74) is 2.86. The predicted molar refractivity (Wildman–Crippen MR) is 119 cm³/mol. The van der Waals surface area contributed by atoms with Crippen molar-refractivity contribution in [2.75, 3.05) is 11.9 Å². The molecular weight excluding hydrogens is 426 g/mol. The van der Waals surface area contributed by atoms with Crippen LogP contribution in [-0.2, 0) is 12.0 Å². The number of non-ortho nitro benzene ring substituents is 1. The number of fused-ring (bicyclic) bond motifs is 2. The number of pyridine rings is 1. The van der Waals surface area contributed by atoms with Crippen molar-refractivity contribution in [3.8, 4) is 5.75 Å². The largest absolute Gasteiger partial charge is 1.00 e. The van der Waals surface area contributed by atoms with Crippen LogP contribution < -0.4 is 26.6 Å². The molecule has 0 fully saturated rings. The summed E-state index contributed by atoms with van der Waals surface area (Å²) in [4.78, 5) is 13.4. The molecule has 0 aliphatic carbocycles. The molecule has 0 saturated heterocycles. The second-order valence-corrected chi connectivity index (χ2v) is 8.66. The molecule has 0 radical (unpaired) electrons. The average Bonchev–Trinajstić information content (AvgIpc) is 2.93. The minimum absolute atomic E-state index is 0. The van der Waals surface area contributed by atoms with Crippen LogP contribution in [0.1, 0.15) is 30.5 Å². The highest BCUT2D eigenvalue weighted by atomic mass is 35.5. The topological polar surface area (TPSA) is 59.5 Å². The van der Waals surface area contributed by atoms with Crippen molar-refractivity contribution in [1.82, 2.24) is 0 Å². The lowest BCUT2D eigenvalue weighted by Crippen LogP contribution is -3.00. The number of likely N-dealkylation sites (N-methyl/N-ethyl adjacent to an activating group) is 1. The van der Waals surface area contributed by atoms with E-state index in [-0.39, 0.29) is 28.4 Å². The van der Waals surface area contributed by atoms with Crippen molar-refractivity contribution in [3.05, 3.63) is 99.9 Å². The summed E-state index contributed by atoms with van der Waals surface area (Å²) in [6, 6.07) is 17.4. The van der Waals surface area contributed by atoms with Crippen LogP contribution in [0.5, 0.6) is 5.75 Å². The number of benzene rings is 2. The molecule has 0 amide bonds. The van der Waals surface area contributed by atoms with Gasteiger partial charge in [0, 0.05) is 42.6 Å². The van der Waals surface area contributed by atoms with Gasteiger partial charge in [-0.1, -0.05) is 24.3 Å². The summed E-state index contributed by atoms with van der Waals surface area (Å²) in [7, 11) is 2.04. The number of ether oxygens (including phenoxy) is 1. The first-order valence-electron chi connectivity index (χ1n) is 10.3. The van der Waals surface area contributed by atoms with Gasteiger partial charge in [-0.3, -0.25) is 10.1 Å². The number of anilines is 1. The number of hydrogen-bond donors (Lipinski definition) is 0. The van der Waals surface area contributed by atoms with Gasteiger partial charge in [0.05, 0.1) is 15.9 Å². The van der Waals surface area contributed by atoms with Crippen LogP contribution in [0.2, 0.25) is 0 Å². The van der Waals surface area contributed by atoms with Crippen LogP contribution in [0.15, 0.2) is 73.1 Å².